The number of sulfonamides is 1. The van der Waals surface area contributed by atoms with Gasteiger partial charge in [0.2, 0.25) is 15.9 Å². The zero-order valence-corrected chi connectivity index (χ0v) is 10.7. The highest BCUT2D eigenvalue weighted by atomic mass is 32.2. The molecule has 17 heavy (non-hydrogen) atoms. The van der Waals surface area contributed by atoms with Gasteiger partial charge in [0, 0.05) is 11.3 Å². The van der Waals surface area contributed by atoms with Gasteiger partial charge in [0.05, 0.1) is 18.2 Å². The van der Waals surface area contributed by atoms with Crippen molar-refractivity contribution in [1.82, 2.24) is 4.72 Å². The van der Waals surface area contributed by atoms with Crippen molar-refractivity contribution in [2.24, 2.45) is 0 Å². The van der Waals surface area contributed by atoms with Crippen LogP contribution in [-0.2, 0) is 21.2 Å². The maximum Gasteiger partial charge on any atom is 0.238 e. The fourth-order valence-corrected chi connectivity index (χ4v) is 2.92. The standard InChI is InChI=1S/C10H12N2O3S2/c11-5-1-2-7-17(14,15)12-10(13)8-9-4-3-6-16-9/h3-4,6H,1-2,7-8H2,(H,12,13). The molecular formula is C10H12N2O3S2. The summed E-state index contributed by atoms with van der Waals surface area (Å²) >= 11 is 1.40. The first-order valence-electron chi connectivity index (χ1n) is 4.96. The van der Waals surface area contributed by atoms with Gasteiger partial charge < -0.3 is 0 Å². The van der Waals surface area contributed by atoms with Crippen LogP contribution in [0, 0.1) is 11.3 Å². The Morgan fingerprint density at radius 1 is 1.53 bits per heavy atom. The normalized spacial score (nSPS) is 10.8. The van der Waals surface area contributed by atoms with E-state index in [1.807, 2.05) is 16.2 Å². The molecule has 1 aromatic heterocycles. The molecule has 92 valence electrons. The molecule has 1 aromatic rings. The van der Waals surface area contributed by atoms with Crippen LogP contribution in [0.1, 0.15) is 17.7 Å². The first-order valence-corrected chi connectivity index (χ1v) is 7.49. The molecule has 1 amide bonds. The van der Waals surface area contributed by atoms with Crippen molar-refractivity contribution < 1.29 is 13.2 Å². The number of carbonyl (C=O) groups excluding carboxylic acids is 1. The van der Waals surface area contributed by atoms with Gasteiger partial charge in [0.15, 0.2) is 0 Å². The minimum Gasteiger partial charge on any atom is -0.274 e. The van der Waals surface area contributed by atoms with Crippen LogP contribution in [0.3, 0.4) is 0 Å². The number of thiophene rings is 1. The minimum atomic E-state index is -3.60. The second-order valence-electron chi connectivity index (χ2n) is 3.36. The van der Waals surface area contributed by atoms with Crippen molar-refractivity contribution in [2.75, 3.05) is 5.75 Å². The Kier molecular flexibility index (Phi) is 5.12. The van der Waals surface area contributed by atoms with Gasteiger partial charge in [-0.3, -0.25) is 9.52 Å². The third kappa shape index (κ3) is 5.47. The van der Waals surface area contributed by atoms with E-state index < -0.39 is 15.9 Å². The maximum atomic E-state index is 11.4. The average Bonchev–Trinajstić information content (AvgIpc) is 2.69. The van der Waals surface area contributed by atoms with E-state index in [4.69, 9.17) is 5.26 Å². The second-order valence-corrected chi connectivity index (χ2v) is 6.24. The van der Waals surface area contributed by atoms with E-state index >= 15 is 0 Å². The summed E-state index contributed by atoms with van der Waals surface area (Å²) in [6.45, 7) is 0. The van der Waals surface area contributed by atoms with Crippen molar-refractivity contribution in [1.29, 1.82) is 5.26 Å². The van der Waals surface area contributed by atoms with E-state index in [9.17, 15) is 13.2 Å². The Morgan fingerprint density at radius 2 is 2.29 bits per heavy atom. The summed E-state index contributed by atoms with van der Waals surface area (Å²) in [7, 11) is -3.60. The van der Waals surface area contributed by atoms with E-state index in [0.717, 1.165) is 4.88 Å². The fourth-order valence-electron chi connectivity index (χ4n) is 1.17. The molecule has 0 aromatic carbocycles. The van der Waals surface area contributed by atoms with Gasteiger partial charge >= 0.3 is 0 Å². The lowest BCUT2D eigenvalue weighted by Crippen LogP contribution is -2.33. The van der Waals surface area contributed by atoms with E-state index in [0.29, 0.717) is 0 Å². The van der Waals surface area contributed by atoms with Crippen LogP contribution in [0.5, 0.6) is 0 Å². The van der Waals surface area contributed by atoms with Gasteiger partial charge in [-0.2, -0.15) is 5.26 Å². The fraction of sp³-hybridized carbons (Fsp3) is 0.400. The van der Waals surface area contributed by atoms with Gasteiger partial charge in [-0.05, 0) is 17.9 Å². The summed E-state index contributed by atoms with van der Waals surface area (Å²) < 4.78 is 24.8. The van der Waals surface area contributed by atoms with Crippen molar-refractivity contribution in [2.45, 2.75) is 19.3 Å². The highest BCUT2D eigenvalue weighted by molar-refractivity contribution is 7.90. The van der Waals surface area contributed by atoms with Crippen LogP contribution in [0.15, 0.2) is 17.5 Å². The molecule has 0 aliphatic carbocycles. The Labute approximate surface area is 104 Å². The summed E-state index contributed by atoms with van der Waals surface area (Å²) in [5, 5.41) is 10.1. The molecule has 0 radical (unpaired) electrons. The number of nitrogens with zero attached hydrogens (tertiary/aromatic N) is 1. The highest BCUT2D eigenvalue weighted by Gasteiger charge is 2.14. The van der Waals surface area contributed by atoms with Crippen molar-refractivity contribution >= 4 is 27.3 Å². The molecule has 0 fully saturated rings. The van der Waals surface area contributed by atoms with Gasteiger partial charge in [0.1, 0.15) is 0 Å². The van der Waals surface area contributed by atoms with Gasteiger partial charge in [-0.15, -0.1) is 11.3 Å². The zero-order chi connectivity index (χ0) is 12.7. The first kappa shape index (κ1) is 13.7. The molecule has 0 unspecified atom stereocenters. The topological polar surface area (TPSA) is 87.0 Å². The predicted molar refractivity (Wildman–Crippen MR) is 64.8 cm³/mol. The van der Waals surface area contributed by atoms with Crippen LogP contribution in [0.2, 0.25) is 0 Å². The largest absolute Gasteiger partial charge is 0.274 e. The highest BCUT2D eigenvalue weighted by Crippen LogP contribution is 2.09. The summed E-state index contributed by atoms with van der Waals surface area (Å²) in [6, 6.07) is 5.43. The number of nitrogens with one attached hydrogen (secondary N) is 1. The predicted octanol–water partition coefficient (Wildman–Crippen LogP) is 1.04. The van der Waals surface area contributed by atoms with Crippen molar-refractivity contribution in [3.05, 3.63) is 22.4 Å². The molecule has 0 saturated heterocycles. The number of unbranched alkanes of at least 4 members (excludes halogenated alkanes) is 1. The molecule has 0 aliphatic heterocycles. The lowest BCUT2D eigenvalue weighted by Gasteiger charge is -2.04. The molecule has 1 heterocycles. The molecule has 0 bridgehead atoms. The van der Waals surface area contributed by atoms with E-state index in [1.54, 1.807) is 12.1 Å². The molecule has 0 saturated carbocycles. The lowest BCUT2D eigenvalue weighted by molar-refractivity contribution is -0.118. The average molecular weight is 272 g/mol. The summed E-state index contributed by atoms with van der Waals surface area (Å²) in [6.07, 6.45) is 0.466. The van der Waals surface area contributed by atoms with Crippen LogP contribution in [0.25, 0.3) is 0 Å². The van der Waals surface area contributed by atoms with E-state index in [-0.39, 0.29) is 25.0 Å². The van der Waals surface area contributed by atoms with Gasteiger partial charge in [0.25, 0.3) is 0 Å². The number of amides is 1. The van der Waals surface area contributed by atoms with Gasteiger partial charge in [-0.25, -0.2) is 8.42 Å². The Bertz CT molecular complexity index is 500. The second kappa shape index (κ2) is 6.37. The zero-order valence-electron chi connectivity index (χ0n) is 9.05. The monoisotopic (exact) mass is 272 g/mol. The third-order valence-corrected chi connectivity index (χ3v) is 4.13. The first-order chi connectivity index (χ1) is 8.03. The quantitative estimate of drug-likeness (QED) is 0.784. The number of hydrogen-bond acceptors (Lipinski definition) is 5. The third-order valence-electron chi connectivity index (χ3n) is 1.89. The van der Waals surface area contributed by atoms with Crippen molar-refractivity contribution in [3.63, 3.8) is 0 Å². The van der Waals surface area contributed by atoms with Crippen molar-refractivity contribution in [3.8, 4) is 6.07 Å². The molecule has 1 N–H and O–H groups in total. The van der Waals surface area contributed by atoms with E-state index in [2.05, 4.69) is 0 Å². The number of hydrogen-bond donors (Lipinski definition) is 1. The summed E-state index contributed by atoms with van der Waals surface area (Å²) in [4.78, 5) is 12.2. The lowest BCUT2D eigenvalue weighted by atomic mass is 10.3. The molecule has 1 rings (SSSR count). The minimum absolute atomic E-state index is 0.0646. The van der Waals surface area contributed by atoms with Crippen LogP contribution < -0.4 is 4.72 Å². The molecule has 0 spiro atoms. The number of nitriles is 1. The number of rotatable bonds is 6. The maximum absolute atomic E-state index is 11.4. The Morgan fingerprint density at radius 3 is 2.88 bits per heavy atom. The molecule has 0 atom stereocenters. The summed E-state index contributed by atoms with van der Waals surface area (Å²) in [5.74, 6) is -0.735. The van der Waals surface area contributed by atoms with E-state index in [1.165, 1.54) is 11.3 Å². The van der Waals surface area contributed by atoms with Crippen LogP contribution >= 0.6 is 11.3 Å². The Balaban J connectivity index is 2.42. The molecular weight excluding hydrogens is 260 g/mol. The molecule has 0 aliphatic rings. The number of carbonyl (C=O) groups is 1. The molecule has 5 nitrogen and oxygen atoms in total. The van der Waals surface area contributed by atoms with Crippen LogP contribution in [0.4, 0.5) is 0 Å². The smallest absolute Gasteiger partial charge is 0.238 e. The summed E-state index contributed by atoms with van der Waals surface area (Å²) in [5.41, 5.74) is 0. The SMILES string of the molecule is N#CCCCS(=O)(=O)NC(=O)Cc1cccs1. The van der Waals surface area contributed by atoms with Crippen LogP contribution in [-0.4, -0.2) is 20.1 Å². The van der Waals surface area contributed by atoms with Gasteiger partial charge in [-0.1, -0.05) is 6.07 Å². The molecule has 7 heteroatoms. The Hall–Kier alpha value is -1.39.